The van der Waals surface area contributed by atoms with Gasteiger partial charge in [0.15, 0.2) is 6.04 Å². The molecule has 0 bridgehead atoms. The van der Waals surface area contributed by atoms with E-state index in [1.165, 1.54) is 0 Å². The van der Waals surface area contributed by atoms with Crippen molar-refractivity contribution in [1.29, 1.82) is 5.26 Å². The Morgan fingerprint density at radius 2 is 2.13 bits per heavy atom. The average Bonchev–Trinajstić information content (AvgIpc) is 2.15. The third-order valence-electron chi connectivity index (χ3n) is 1.85. The summed E-state index contributed by atoms with van der Waals surface area (Å²) in [6, 6.07) is 0.632. The maximum Gasteiger partial charge on any atom is 0.431 e. The van der Waals surface area contributed by atoms with Crippen LogP contribution in [-0.4, -0.2) is 18.1 Å². The summed E-state index contributed by atoms with van der Waals surface area (Å²) < 4.78 is 37.2. The SMILES string of the molecule is CC(C)C1=NC(C#N)C=C(C(F)(F)F)N1. The summed E-state index contributed by atoms with van der Waals surface area (Å²) in [7, 11) is 0. The molecule has 1 aliphatic heterocycles. The first-order valence-electron chi connectivity index (χ1n) is 4.38. The van der Waals surface area contributed by atoms with Crippen LogP contribution in [-0.2, 0) is 0 Å². The van der Waals surface area contributed by atoms with Gasteiger partial charge in [0.2, 0.25) is 0 Å². The Bertz CT molecular complexity index is 347. The minimum absolute atomic E-state index is 0.174. The zero-order chi connectivity index (χ0) is 11.6. The molecule has 0 saturated heterocycles. The predicted octanol–water partition coefficient (Wildman–Crippen LogP) is 1.98. The van der Waals surface area contributed by atoms with E-state index >= 15 is 0 Å². The molecule has 1 heterocycles. The molecule has 0 aromatic heterocycles. The van der Waals surface area contributed by atoms with Crippen LogP contribution in [0.2, 0.25) is 0 Å². The lowest BCUT2D eigenvalue weighted by atomic mass is 10.1. The summed E-state index contributed by atoms with van der Waals surface area (Å²) in [5.41, 5.74) is -0.909. The van der Waals surface area contributed by atoms with Crippen molar-refractivity contribution in [2.24, 2.45) is 10.9 Å². The van der Waals surface area contributed by atoms with Crippen LogP contribution in [0, 0.1) is 17.2 Å². The second kappa shape index (κ2) is 3.93. The third kappa shape index (κ3) is 2.72. The summed E-state index contributed by atoms with van der Waals surface area (Å²) in [6.07, 6.45) is -3.68. The van der Waals surface area contributed by atoms with Crippen LogP contribution in [0.15, 0.2) is 16.8 Å². The topological polar surface area (TPSA) is 48.2 Å². The molecule has 0 radical (unpaired) electrons. The lowest BCUT2D eigenvalue weighted by Gasteiger charge is -2.22. The van der Waals surface area contributed by atoms with Crippen LogP contribution in [0.5, 0.6) is 0 Å². The quantitative estimate of drug-likeness (QED) is 0.730. The van der Waals surface area contributed by atoms with Crippen LogP contribution in [0.1, 0.15) is 13.8 Å². The van der Waals surface area contributed by atoms with Crippen molar-refractivity contribution in [2.75, 3.05) is 0 Å². The van der Waals surface area contributed by atoms with Gasteiger partial charge in [-0.25, -0.2) is 4.99 Å². The number of hydrogen-bond acceptors (Lipinski definition) is 3. The fourth-order valence-electron chi connectivity index (χ4n) is 1.08. The minimum atomic E-state index is -4.47. The molecule has 0 aromatic carbocycles. The first-order chi connectivity index (χ1) is 6.84. The molecule has 15 heavy (non-hydrogen) atoms. The van der Waals surface area contributed by atoms with E-state index in [2.05, 4.69) is 10.3 Å². The fraction of sp³-hybridized carbons (Fsp3) is 0.556. The zero-order valence-electron chi connectivity index (χ0n) is 8.26. The summed E-state index contributed by atoms with van der Waals surface area (Å²) in [6.45, 7) is 3.42. The first-order valence-corrected chi connectivity index (χ1v) is 4.38. The molecule has 1 aliphatic rings. The number of halogens is 3. The normalized spacial score (nSPS) is 21.5. The van der Waals surface area contributed by atoms with Gasteiger partial charge >= 0.3 is 6.18 Å². The highest BCUT2D eigenvalue weighted by Crippen LogP contribution is 2.26. The third-order valence-corrected chi connectivity index (χ3v) is 1.85. The van der Waals surface area contributed by atoms with Crippen LogP contribution in [0.4, 0.5) is 13.2 Å². The minimum Gasteiger partial charge on any atom is -0.340 e. The molecule has 0 spiro atoms. The van der Waals surface area contributed by atoms with E-state index < -0.39 is 17.9 Å². The maximum absolute atomic E-state index is 12.4. The zero-order valence-corrected chi connectivity index (χ0v) is 8.26. The van der Waals surface area contributed by atoms with Gasteiger partial charge < -0.3 is 5.32 Å². The van der Waals surface area contributed by atoms with Crippen LogP contribution >= 0.6 is 0 Å². The van der Waals surface area contributed by atoms with Gasteiger partial charge in [0.1, 0.15) is 11.5 Å². The average molecular weight is 217 g/mol. The monoisotopic (exact) mass is 217 g/mol. The Morgan fingerprint density at radius 1 is 1.53 bits per heavy atom. The van der Waals surface area contributed by atoms with Gasteiger partial charge in [0, 0.05) is 5.92 Å². The molecule has 0 aromatic rings. The number of alkyl halides is 3. The Balaban J connectivity index is 2.98. The van der Waals surface area contributed by atoms with Crippen molar-refractivity contribution >= 4 is 5.84 Å². The van der Waals surface area contributed by atoms with Crippen molar-refractivity contribution < 1.29 is 13.2 Å². The van der Waals surface area contributed by atoms with E-state index in [-0.39, 0.29) is 11.8 Å². The highest BCUT2D eigenvalue weighted by Gasteiger charge is 2.37. The molecule has 82 valence electrons. The molecule has 0 fully saturated rings. The molecular formula is C9H10F3N3. The van der Waals surface area contributed by atoms with Crippen molar-refractivity contribution in [3.63, 3.8) is 0 Å². The Morgan fingerprint density at radius 3 is 2.53 bits per heavy atom. The molecule has 3 nitrogen and oxygen atoms in total. The molecule has 1 unspecified atom stereocenters. The number of aliphatic imine (C=N–C) groups is 1. The molecule has 1 N–H and O–H groups in total. The summed E-state index contributed by atoms with van der Waals surface area (Å²) in [5, 5.41) is 10.8. The number of rotatable bonds is 1. The van der Waals surface area contributed by atoms with Gasteiger partial charge in [-0.15, -0.1) is 0 Å². The first kappa shape index (κ1) is 11.6. The molecule has 6 heteroatoms. The van der Waals surface area contributed by atoms with Crippen LogP contribution in [0.3, 0.4) is 0 Å². The van der Waals surface area contributed by atoms with Crippen LogP contribution < -0.4 is 5.32 Å². The standard InChI is InChI=1S/C9H10F3N3/c1-5(2)8-14-6(4-13)3-7(15-8)9(10,11)12/h3,5-6H,1-2H3,(H,14,15). The highest BCUT2D eigenvalue weighted by atomic mass is 19.4. The second-order valence-electron chi connectivity index (χ2n) is 3.45. The Hall–Kier alpha value is -1.51. The molecule has 1 rings (SSSR count). The molecule has 0 amide bonds. The fourth-order valence-corrected chi connectivity index (χ4v) is 1.08. The lowest BCUT2D eigenvalue weighted by Crippen LogP contribution is -2.38. The van der Waals surface area contributed by atoms with E-state index in [0.29, 0.717) is 0 Å². The van der Waals surface area contributed by atoms with E-state index in [1.54, 1.807) is 19.9 Å². The second-order valence-corrected chi connectivity index (χ2v) is 3.45. The summed E-state index contributed by atoms with van der Waals surface area (Å²) in [4.78, 5) is 3.83. The number of nitrogens with one attached hydrogen (secondary N) is 1. The van der Waals surface area contributed by atoms with Crippen molar-refractivity contribution in [2.45, 2.75) is 26.1 Å². The summed E-state index contributed by atoms with van der Waals surface area (Å²) in [5.74, 6) is 0.0169. The van der Waals surface area contributed by atoms with Crippen molar-refractivity contribution in [1.82, 2.24) is 5.32 Å². The largest absolute Gasteiger partial charge is 0.431 e. The smallest absolute Gasteiger partial charge is 0.340 e. The molecule has 1 atom stereocenters. The summed E-state index contributed by atoms with van der Waals surface area (Å²) >= 11 is 0. The van der Waals surface area contributed by atoms with Gasteiger partial charge in [-0.05, 0) is 6.08 Å². The van der Waals surface area contributed by atoms with Crippen LogP contribution in [0.25, 0.3) is 0 Å². The number of allylic oxidation sites excluding steroid dienone is 1. The highest BCUT2D eigenvalue weighted by molar-refractivity contribution is 5.87. The molecular weight excluding hydrogens is 207 g/mol. The van der Waals surface area contributed by atoms with Gasteiger partial charge in [0.05, 0.1) is 6.07 Å². The number of nitriles is 1. The lowest BCUT2D eigenvalue weighted by molar-refractivity contribution is -0.0954. The maximum atomic E-state index is 12.4. The van der Waals surface area contributed by atoms with Gasteiger partial charge in [-0.2, -0.15) is 18.4 Å². The number of amidine groups is 1. The Labute approximate surface area is 85.3 Å². The van der Waals surface area contributed by atoms with Gasteiger partial charge in [-0.1, -0.05) is 13.8 Å². The van der Waals surface area contributed by atoms with Crippen molar-refractivity contribution in [3.05, 3.63) is 11.8 Å². The van der Waals surface area contributed by atoms with E-state index in [9.17, 15) is 13.2 Å². The van der Waals surface area contributed by atoms with Crippen molar-refractivity contribution in [3.8, 4) is 6.07 Å². The van der Waals surface area contributed by atoms with Gasteiger partial charge in [-0.3, -0.25) is 0 Å². The number of nitrogens with zero attached hydrogens (tertiary/aromatic N) is 2. The van der Waals surface area contributed by atoms with E-state index in [1.807, 2.05) is 0 Å². The molecule has 0 saturated carbocycles. The predicted molar refractivity (Wildman–Crippen MR) is 48.9 cm³/mol. The van der Waals surface area contributed by atoms with E-state index in [4.69, 9.17) is 5.26 Å². The molecule has 0 aliphatic carbocycles. The van der Waals surface area contributed by atoms with E-state index in [0.717, 1.165) is 6.08 Å². The number of hydrogen-bond donors (Lipinski definition) is 1. The van der Waals surface area contributed by atoms with Gasteiger partial charge in [0.25, 0.3) is 0 Å². The Kier molecular flexibility index (Phi) is 3.03.